The van der Waals surface area contributed by atoms with Crippen LogP contribution in [0.5, 0.6) is 5.88 Å². The number of halogens is 1. The van der Waals surface area contributed by atoms with E-state index >= 15 is 0 Å². The molecule has 1 aromatic heterocycles. The van der Waals surface area contributed by atoms with Crippen LogP contribution in [-0.4, -0.2) is 21.3 Å². The molecule has 0 bridgehead atoms. The minimum Gasteiger partial charge on any atom is -0.512 e. The lowest BCUT2D eigenvalue weighted by atomic mass is 10.2. The number of aliphatic hydroxyl groups is 1. The topological polar surface area (TPSA) is 79.6 Å². The van der Waals surface area contributed by atoms with Gasteiger partial charge >= 0.3 is 0 Å². The average Bonchev–Trinajstić information content (AvgIpc) is 2.90. The quantitative estimate of drug-likeness (QED) is 0.626. The van der Waals surface area contributed by atoms with Gasteiger partial charge in [-0.15, -0.1) is 0 Å². The third-order valence-electron chi connectivity index (χ3n) is 3.40. The van der Waals surface area contributed by atoms with Gasteiger partial charge in [-0.1, -0.05) is 41.1 Å². The van der Waals surface area contributed by atoms with Crippen molar-refractivity contribution >= 4 is 33.6 Å². The molecule has 142 valence electrons. The van der Waals surface area contributed by atoms with Crippen LogP contribution in [0.25, 0.3) is 0 Å². The Labute approximate surface area is 167 Å². The van der Waals surface area contributed by atoms with Crippen LogP contribution >= 0.6 is 15.9 Å². The summed E-state index contributed by atoms with van der Waals surface area (Å²) in [5.41, 5.74) is 1.21. The molecule has 1 aliphatic carbocycles. The first kappa shape index (κ1) is 20.6. The van der Waals surface area contributed by atoms with Gasteiger partial charge < -0.3 is 15.2 Å². The summed E-state index contributed by atoms with van der Waals surface area (Å²) in [7, 11) is 0. The number of hydrogen-bond donors (Lipinski definition) is 2. The summed E-state index contributed by atoms with van der Waals surface area (Å²) in [6, 6.07) is 0. The molecule has 2 N–H and O–H groups in total. The number of fused-ring (bicyclic) bond motifs is 1. The molecule has 2 aliphatic rings. The van der Waals surface area contributed by atoms with Gasteiger partial charge in [0.2, 0.25) is 0 Å². The summed E-state index contributed by atoms with van der Waals surface area (Å²) in [6.45, 7) is 6.04. The van der Waals surface area contributed by atoms with Gasteiger partial charge in [0.15, 0.2) is 11.5 Å². The second kappa shape index (κ2) is 10.5. The molecule has 3 rings (SSSR count). The highest BCUT2D eigenvalue weighted by Gasteiger charge is 2.18. The molecule has 0 saturated carbocycles. The number of nitrogens with zero attached hydrogens (tertiary/aromatic N) is 3. The number of rotatable bonds is 3. The van der Waals surface area contributed by atoms with Crippen LogP contribution < -0.4 is 10.1 Å². The van der Waals surface area contributed by atoms with Crippen LogP contribution in [0, 0.1) is 0 Å². The molecule has 0 saturated heterocycles. The van der Waals surface area contributed by atoms with Gasteiger partial charge in [0, 0.05) is 18.2 Å². The lowest BCUT2D eigenvalue weighted by Crippen LogP contribution is -1.99. The Hall–Kier alpha value is -2.67. The van der Waals surface area contributed by atoms with Gasteiger partial charge in [-0.05, 0) is 43.1 Å². The summed E-state index contributed by atoms with van der Waals surface area (Å²) in [5, 5.41) is 12.7. The van der Waals surface area contributed by atoms with Gasteiger partial charge in [-0.25, -0.2) is 9.98 Å². The van der Waals surface area contributed by atoms with Crippen LogP contribution in [0.3, 0.4) is 0 Å². The molecule has 1 aliphatic heterocycles. The number of hydrogen-bond acceptors (Lipinski definition) is 6. The fourth-order valence-electron chi connectivity index (χ4n) is 2.23. The maximum Gasteiger partial charge on any atom is 0.250 e. The van der Waals surface area contributed by atoms with Gasteiger partial charge in [0.1, 0.15) is 12.1 Å². The average molecular weight is 431 g/mol. The van der Waals surface area contributed by atoms with E-state index in [1.54, 1.807) is 24.6 Å². The Balaban J connectivity index is 0.000000380. The van der Waals surface area contributed by atoms with E-state index in [2.05, 4.69) is 49.2 Å². The summed E-state index contributed by atoms with van der Waals surface area (Å²) >= 11 is 3.30. The van der Waals surface area contributed by atoms with Crippen LogP contribution in [0.4, 0.5) is 11.5 Å². The number of nitrogens with one attached hydrogen (secondary N) is 1. The van der Waals surface area contributed by atoms with Crippen molar-refractivity contribution in [3.05, 3.63) is 64.5 Å². The van der Waals surface area contributed by atoms with Crippen molar-refractivity contribution in [1.29, 1.82) is 0 Å². The molecule has 0 fully saturated rings. The number of ether oxygens (including phenoxy) is 1. The largest absolute Gasteiger partial charge is 0.512 e. The van der Waals surface area contributed by atoms with E-state index in [0.717, 1.165) is 6.42 Å². The van der Waals surface area contributed by atoms with E-state index in [-0.39, 0.29) is 5.76 Å². The second-order valence-corrected chi connectivity index (χ2v) is 6.89. The summed E-state index contributed by atoms with van der Waals surface area (Å²) in [5.74, 6) is 1.79. The Kier molecular flexibility index (Phi) is 8.00. The van der Waals surface area contributed by atoms with Crippen molar-refractivity contribution in [3.8, 4) is 5.88 Å². The predicted molar refractivity (Wildman–Crippen MR) is 114 cm³/mol. The standard InChI is InChI=1S/C15H14N4O2.C5H9Br/c1-2-6-16-14-13-15(19-9-18-14)21-12-5-3-4-11(20)7-10(12)8-17-13;1-3-4-5(2)6/h2-3,5-9,20H,4H2,1H3,(H,16,18,19);4H,3H2,1-2H3/b6-2+;5-4+. The highest BCUT2D eigenvalue weighted by Crippen LogP contribution is 2.35. The first-order valence-corrected chi connectivity index (χ1v) is 9.41. The van der Waals surface area contributed by atoms with Crippen LogP contribution in [0.1, 0.15) is 33.6 Å². The van der Waals surface area contributed by atoms with Crippen molar-refractivity contribution in [1.82, 2.24) is 9.97 Å². The number of aliphatic imine (C=N–C) groups is 1. The maximum absolute atomic E-state index is 9.72. The molecule has 6 nitrogen and oxygen atoms in total. The number of allylic oxidation sites excluding steroid dienone is 7. The van der Waals surface area contributed by atoms with Crippen molar-refractivity contribution in [2.75, 3.05) is 5.32 Å². The van der Waals surface area contributed by atoms with Gasteiger partial charge in [-0.2, -0.15) is 4.98 Å². The zero-order valence-corrected chi connectivity index (χ0v) is 17.2. The Morgan fingerprint density at radius 3 is 2.89 bits per heavy atom. The molecule has 0 aromatic carbocycles. The van der Waals surface area contributed by atoms with Gasteiger partial charge in [0.05, 0.1) is 5.76 Å². The number of aromatic nitrogens is 2. The number of anilines is 1. The molecule has 0 radical (unpaired) electrons. The fraction of sp³-hybridized carbons (Fsp3) is 0.250. The van der Waals surface area contributed by atoms with E-state index in [1.165, 1.54) is 10.8 Å². The Morgan fingerprint density at radius 2 is 2.22 bits per heavy atom. The first-order valence-electron chi connectivity index (χ1n) is 8.62. The highest BCUT2D eigenvalue weighted by atomic mass is 79.9. The van der Waals surface area contributed by atoms with Crippen LogP contribution in [-0.2, 0) is 0 Å². The minimum absolute atomic E-state index is 0.260. The summed E-state index contributed by atoms with van der Waals surface area (Å²) in [6.07, 6.45) is 15.6. The highest BCUT2D eigenvalue weighted by molar-refractivity contribution is 9.11. The molecular formula is C20H23BrN4O2. The maximum atomic E-state index is 9.72. The predicted octanol–water partition coefficient (Wildman–Crippen LogP) is 5.87. The smallest absolute Gasteiger partial charge is 0.250 e. The summed E-state index contributed by atoms with van der Waals surface area (Å²) < 4.78 is 7.03. The molecule has 0 unspecified atom stereocenters. The molecule has 27 heavy (non-hydrogen) atoms. The SMILES string of the molecule is C/C=C/Nc1ncnc2c1N=CC1=C(C=CCC(O)=C1)O2.CC/C=C(\C)Br. The monoisotopic (exact) mass is 430 g/mol. The minimum atomic E-state index is 0.260. The molecule has 0 atom stereocenters. The molecule has 1 aromatic rings. The molecule has 2 heterocycles. The van der Waals surface area contributed by atoms with Gasteiger partial charge in [-0.3, -0.25) is 0 Å². The lowest BCUT2D eigenvalue weighted by Gasteiger charge is -2.08. The van der Waals surface area contributed by atoms with Crippen LogP contribution in [0.15, 0.2) is 69.5 Å². The van der Waals surface area contributed by atoms with E-state index in [4.69, 9.17) is 4.74 Å². The lowest BCUT2D eigenvalue weighted by molar-refractivity contribution is 0.401. The van der Waals surface area contributed by atoms with Crippen molar-refractivity contribution in [2.24, 2.45) is 4.99 Å². The van der Waals surface area contributed by atoms with Crippen LogP contribution in [0.2, 0.25) is 0 Å². The first-order chi connectivity index (χ1) is 13.0. The molecule has 7 heteroatoms. The van der Waals surface area contributed by atoms with Gasteiger partial charge in [0.25, 0.3) is 5.88 Å². The van der Waals surface area contributed by atoms with Crippen molar-refractivity contribution in [3.63, 3.8) is 0 Å². The zero-order valence-electron chi connectivity index (χ0n) is 15.6. The number of aliphatic hydroxyl groups excluding tert-OH is 1. The van der Waals surface area contributed by atoms with E-state index in [0.29, 0.717) is 35.1 Å². The van der Waals surface area contributed by atoms with E-state index in [9.17, 15) is 5.11 Å². The Morgan fingerprint density at radius 1 is 1.41 bits per heavy atom. The summed E-state index contributed by atoms with van der Waals surface area (Å²) in [4.78, 5) is 12.7. The Bertz CT molecular complexity index is 848. The molecule has 0 amide bonds. The van der Waals surface area contributed by atoms with Crippen molar-refractivity contribution in [2.45, 2.75) is 33.6 Å². The third kappa shape index (κ3) is 6.21. The van der Waals surface area contributed by atoms with E-state index < -0.39 is 0 Å². The van der Waals surface area contributed by atoms with Crippen molar-refractivity contribution < 1.29 is 9.84 Å². The zero-order chi connectivity index (χ0) is 19.6. The fourth-order valence-corrected chi connectivity index (χ4v) is 2.55. The molecule has 0 spiro atoms. The van der Waals surface area contributed by atoms with E-state index in [1.807, 2.05) is 26.0 Å². The normalized spacial score (nSPS) is 15.7. The second-order valence-electron chi connectivity index (χ2n) is 5.64. The molecular weight excluding hydrogens is 408 g/mol. The third-order valence-corrected chi connectivity index (χ3v) is 3.73.